The summed E-state index contributed by atoms with van der Waals surface area (Å²) >= 11 is 5.82. The van der Waals surface area contributed by atoms with Crippen LogP contribution in [0.4, 0.5) is 15.8 Å². The molecule has 1 amide bonds. The molecule has 1 aromatic carbocycles. The van der Waals surface area contributed by atoms with Gasteiger partial charge in [-0.3, -0.25) is 9.52 Å². The summed E-state index contributed by atoms with van der Waals surface area (Å²) < 4.78 is 37.1. The van der Waals surface area contributed by atoms with Gasteiger partial charge in [0.15, 0.2) is 6.67 Å². The summed E-state index contributed by atoms with van der Waals surface area (Å²) in [6.07, 6.45) is 0. The van der Waals surface area contributed by atoms with Gasteiger partial charge in [-0.25, -0.2) is 12.8 Å². The number of sulfonamides is 1. The molecule has 100 valence electrons. The number of hydrogen-bond donors (Lipinski definition) is 2. The van der Waals surface area contributed by atoms with Gasteiger partial charge in [-0.2, -0.15) is 0 Å². The van der Waals surface area contributed by atoms with Crippen LogP contribution >= 0.6 is 11.6 Å². The molecular formula is C10H12ClFN2O3S. The van der Waals surface area contributed by atoms with Crippen molar-refractivity contribution in [1.29, 1.82) is 0 Å². The molecule has 0 aromatic heterocycles. The van der Waals surface area contributed by atoms with Crippen LogP contribution in [0, 0.1) is 0 Å². The van der Waals surface area contributed by atoms with E-state index in [9.17, 15) is 17.6 Å². The summed E-state index contributed by atoms with van der Waals surface area (Å²) in [6, 6.07) is 4.17. The summed E-state index contributed by atoms with van der Waals surface area (Å²) in [5.41, 5.74) is 0.394. The third-order valence-corrected chi connectivity index (χ3v) is 3.64. The van der Waals surface area contributed by atoms with E-state index >= 15 is 0 Å². The van der Waals surface area contributed by atoms with E-state index in [4.69, 9.17) is 11.6 Å². The van der Waals surface area contributed by atoms with Crippen LogP contribution in [0.25, 0.3) is 0 Å². The molecule has 0 aliphatic rings. The smallest absolute Gasteiger partial charge is 0.255 e. The summed E-state index contributed by atoms with van der Waals surface area (Å²) in [5.74, 6) is -0.925. The molecule has 0 fully saturated rings. The molecule has 2 N–H and O–H groups in total. The molecule has 0 saturated carbocycles. The molecule has 8 heteroatoms. The molecule has 1 aromatic rings. The minimum absolute atomic E-state index is 0.107. The lowest BCUT2D eigenvalue weighted by molar-refractivity contribution is -0.117. The van der Waals surface area contributed by atoms with Crippen LogP contribution < -0.4 is 10.0 Å². The minimum atomic E-state index is -3.47. The Morgan fingerprint density at radius 1 is 1.44 bits per heavy atom. The van der Waals surface area contributed by atoms with Crippen molar-refractivity contribution in [3.8, 4) is 0 Å². The van der Waals surface area contributed by atoms with E-state index in [-0.39, 0.29) is 22.2 Å². The van der Waals surface area contributed by atoms with Crippen LogP contribution in [-0.4, -0.2) is 26.8 Å². The highest BCUT2D eigenvalue weighted by Gasteiger charge is 2.11. The minimum Gasteiger partial charge on any atom is -0.324 e. The first-order valence-corrected chi connectivity index (χ1v) is 7.07. The van der Waals surface area contributed by atoms with E-state index < -0.39 is 22.6 Å². The SMILES string of the molecule is CCS(=O)(=O)Nc1cc(NC(=O)CF)ccc1Cl. The number of amides is 1. The second-order valence-electron chi connectivity index (χ2n) is 3.38. The van der Waals surface area contributed by atoms with E-state index in [0.29, 0.717) is 0 Å². The van der Waals surface area contributed by atoms with Gasteiger partial charge in [0.25, 0.3) is 5.91 Å². The molecule has 0 radical (unpaired) electrons. The highest BCUT2D eigenvalue weighted by molar-refractivity contribution is 7.92. The fourth-order valence-electron chi connectivity index (χ4n) is 1.12. The number of alkyl halides is 1. The second kappa shape index (κ2) is 6.01. The quantitative estimate of drug-likeness (QED) is 0.872. The Morgan fingerprint density at radius 3 is 2.67 bits per heavy atom. The maximum atomic E-state index is 12.0. The number of halogens is 2. The lowest BCUT2D eigenvalue weighted by atomic mass is 10.3. The molecule has 0 aliphatic carbocycles. The van der Waals surface area contributed by atoms with E-state index in [0.717, 1.165) is 0 Å². The number of rotatable bonds is 5. The maximum Gasteiger partial charge on any atom is 0.255 e. The van der Waals surface area contributed by atoms with Crippen LogP contribution in [0.1, 0.15) is 6.92 Å². The third-order valence-electron chi connectivity index (χ3n) is 2.02. The van der Waals surface area contributed by atoms with E-state index in [1.807, 2.05) is 0 Å². The lowest BCUT2D eigenvalue weighted by Crippen LogP contribution is -2.16. The van der Waals surface area contributed by atoms with Gasteiger partial charge in [0, 0.05) is 5.69 Å². The van der Waals surface area contributed by atoms with Gasteiger partial charge in [0.1, 0.15) is 0 Å². The Balaban J connectivity index is 2.98. The first-order chi connectivity index (χ1) is 8.38. The van der Waals surface area contributed by atoms with Gasteiger partial charge in [-0.1, -0.05) is 11.6 Å². The van der Waals surface area contributed by atoms with Crippen LogP contribution in [-0.2, 0) is 14.8 Å². The van der Waals surface area contributed by atoms with Gasteiger partial charge in [0.2, 0.25) is 10.0 Å². The molecule has 0 unspecified atom stereocenters. The van der Waals surface area contributed by atoms with Crippen molar-refractivity contribution < 1.29 is 17.6 Å². The summed E-state index contributed by atoms with van der Waals surface area (Å²) in [4.78, 5) is 10.9. The van der Waals surface area contributed by atoms with Crippen LogP contribution in [0.2, 0.25) is 5.02 Å². The van der Waals surface area contributed by atoms with Gasteiger partial charge in [-0.05, 0) is 25.1 Å². The van der Waals surface area contributed by atoms with Crippen molar-refractivity contribution in [2.75, 3.05) is 22.5 Å². The zero-order valence-corrected chi connectivity index (χ0v) is 11.1. The molecule has 0 atom stereocenters. The number of carbonyl (C=O) groups is 1. The van der Waals surface area contributed by atoms with E-state index in [1.165, 1.54) is 25.1 Å². The first-order valence-electron chi connectivity index (χ1n) is 5.04. The Morgan fingerprint density at radius 2 is 2.11 bits per heavy atom. The number of hydrogen-bond acceptors (Lipinski definition) is 3. The molecule has 0 heterocycles. The normalized spacial score (nSPS) is 11.1. The number of carbonyl (C=O) groups excluding carboxylic acids is 1. The molecular weight excluding hydrogens is 283 g/mol. The van der Waals surface area contributed by atoms with Crippen LogP contribution in [0.5, 0.6) is 0 Å². The fourth-order valence-corrected chi connectivity index (χ4v) is 1.98. The van der Waals surface area contributed by atoms with Gasteiger partial charge >= 0.3 is 0 Å². The topological polar surface area (TPSA) is 75.3 Å². The number of benzene rings is 1. The molecule has 0 saturated heterocycles. The van der Waals surface area contributed by atoms with Crippen molar-refractivity contribution in [3.63, 3.8) is 0 Å². The van der Waals surface area contributed by atoms with E-state index in [2.05, 4.69) is 10.0 Å². The Hall–Kier alpha value is -1.34. The predicted octanol–water partition coefficient (Wildman–Crippen LogP) is 2.01. The van der Waals surface area contributed by atoms with Crippen molar-refractivity contribution in [3.05, 3.63) is 23.2 Å². The van der Waals surface area contributed by atoms with Crippen LogP contribution in [0.3, 0.4) is 0 Å². The summed E-state index contributed by atoms with van der Waals surface area (Å²) in [7, 11) is -3.47. The lowest BCUT2D eigenvalue weighted by Gasteiger charge is -2.10. The zero-order chi connectivity index (χ0) is 13.8. The summed E-state index contributed by atoms with van der Waals surface area (Å²) in [6.45, 7) is 0.323. The third kappa shape index (κ3) is 4.15. The maximum absolute atomic E-state index is 12.0. The van der Waals surface area contributed by atoms with Gasteiger partial charge in [-0.15, -0.1) is 0 Å². The highest BCUT2D eigenvalue weighted by Crippen LogP contribution is 2.26. The molecule has 0 spiro atoms. The fraction of sp³-hybridized carbons (Fsp3) is 0.300. The molecule has 5 nitrogen and oxygen atoms in total. The standard InChI is InChI=1S/C10H12ClFN2O3S/c1-2-18(16,17)14-9-5-7(3-4-8(9)11)13-10(15)6-12/h3-5,14H,2,6H2,1H3,(H,13,15). The average Bonchev–Trinajstić information content (AvgIpc) is 2.33. The summed E-state index contributed by atoms with van der Waals surface area (Å²) in [5, 5.41) is 2.44. The molecule has 0 aliphatic heterocycles. The van der Waals surface area contributed by atoms with Gasteiger partial charge in [0.05, 0.1) is 16.5 Å². The Bertz CT molecular complexity index is 548. The predicted molar refractivity (Wildman–Crippen MR) is 69.1 cm³/mol. The largest absolute Gasteiger partial charge is 0.324 e. The molecule has 1 rings (SSSR count). The van der Waals surface area contributed by atoms with Crippen molar-refractivity contribution >= 4 is 38.9 Å². The van der Waals surface area contributed by atoms with Gasteiger partial charge < -0.3 is 5.32 Å². The zero-order valence-electron chi connectivity index (χ0n) is 9.54. The number of anilines is 2. The van der Waals surface area contributed by atoms with Crippen LogP contribution in [0.15, 0.2) is 18.2 Å². The van der Waals surface area contributed by atoms with Crippen molar-refractivity contribution in [2.45, 2.75) is 6.92 Å². The molecule has 18 heavy (non-hydrogen) atoms. The second-order valence-corrected chi connectivity index (χ2v) is 5.80. The Kier molecular flexibility index (Phi) is 4.92. The number of nitrogens with one attached hydrogen (secondary N) is 2. The van der Waals surface area contributed by atoms with E-state index in [1.54, 1.807) is 0 Å². The average molecular weight is 295 g/mol. The monoisotopic (exact) mass is 294 g/mol. The van der Waals surface area contributed by atoms with Crippen molar-refractivity contribution in [2.24, 2.45) is 0 Å². The first kappa shape index (κ1) is 14.7. The molecule has 0 bridgehead atoms. The Labute approximate surface area is 109 Å². The highest BCUT2D eigenvalue weighted by atomic mass is 35.5. The van der Waals surface area contributed by atoms with Crippen molar-refractivity contribution in [1.82, 2.24) is 0 Å².